The molecular weight excluding hydrogens is 336 g/mol. The number of thiazole rings is 1. The second-order valence-corrected chi connectivity index (χ2v) is 7.84. The maximum absolute atomic E-state index is 11.8. The highest BCUT2D eigenvalue weighted by atomic mass is 32.1. The van der Waals surface area contributed by atoms with Crippen molar-refractivity contribution < 1.29 is 9.53 Å². The first-order chi connectivity index (χ1) is 11.8. The van der Waals surface area contributed by atoms with Gasteiger partial charge in [0.2, 0.25) is 5.91 Å². The van der Waals surface area contributed by atoms with Crippen molar-refractivity contribution in [3.63, 3.8) is 0 Å². The summed E-state index contributed by atoms with van der Waals surface area (Å²) in [6.45, 7) is 9.65. The van der Waals surface area contributed by atoms with Gasteiger partial charge in [-0.15, -0.1) is 0 Å². The Kier molecular flexibility index (Phi) is 6.42. The van der Waals surface area contributed by atoms with Gasteiger partial charge in [0.15, 0.2) is 0 Å². The molecule has 5 nitrogen and oxygen atoms in total. The number of nitrogens with one attached hydrogen (secondary N) is 1. The van der Waals surface area contributed by atoms with Crippen LogP contribution in [0.3, 0.4) is 0 Å². The number of carbonyl (C=O) groups excluding carboxylic acids is 1. The van der Waals surface area contributed by atoms with Gasteiger partial charge in [-0.1, -0.05) is 44.2 Å². The van der Waals surface area contributed by atoms with Gasteiger partial charge in [-0.3, -0.25) is 9.59 Å². The molecule has 1 amide bonds. The molecular formula is C19H26N2O3S. The van der Waals surface area contributed by atoms with Gasteiger partial charge in [0.05, 0.1) is 6.54 Å². The van der Waals surface area contributed by atoms with E-state index in [1.54, 1.807) is 9.95 Å². The number of amides is 1. The highest BCUT2D eigenvalue weighted by Crippen LogP contribution is 2.24. The van der Waals surface area contributed by atoms with Crippen LogP contribution in [-0.4, -0.2) is 23.6 Å². The van der Waals surface area contributed by atoms with Crippen LogP contribution in [0.4, 0.5) is 0 Å². The van der Waals surface area contributed by atoms with Crippen molar-refractivity contribution in [1.82, 2.24) is 9.88 Å². The maximum atomic E-state index is 11.8. The van der Waals surface area contributed by atoms with Gasteiger partial charge >= 0.3 is 4.87 Å². The Morgan fingerprint density at radius 2 is 1.92 bits per heavy atom. The number of benzene rings is 1. The second-order valence-electron chi connectivity index (χ2n) is 7.02. The first-order valence-corrected chi connectivity index (χ1v) is 9.30. The van der Waals surface area contributed by atoms with Gasteiger partial charge in [0.1, 0.15) is 12.4 Å². The van der Waals surface area contributed by atoms with E-state index < -0.39 is 0 Å². The molecule has 0 fully saturated rings. The summed E-state index contributed by atoms with van der Waals surface area (Å²) in [7, 11) is 0. The molecule has 136 valence electrons. The Balaban J connectivity index is 1.69. The number of rotatable bonds is 7. The van der Waals surface area contributed by atoms with Crippen LogP contribution in [0.2, 0.25) is 0 Å². The molecule has 0 bridgehead atoms. The van der Waals surface area contributed by atoms with Gasteiger partial charge in [0, 0.05) is 24.0 Å². The first kappa shape index (κ1) is 19.2. The number of ether oxygens (including phenoxy) is 1. The smallest absolute Gasteiger partial charge is 0.307 e. The van der Waals surface area contributed by atoms with Crippen molar-refractivity contribution in [2.24, 2.45) is 0 Å². The summed E-state index contributed by atoms with van der Waals surface area (Å²) in [6.07, 6.45) is 0.289. The number of hydrogen-bond acceptors (Lipinski definition) is 4. The van der Waals surface area contributed by atoms with Gasteiger partial charge in [-0.25, -0.2) is 0 Å². The van der Waals surface area contributed by atoms with E-state index in [-0.39, 0.29) is 22.6 Å². The largest absolute Gasteiger partial charge is 0.492 e. The Bertz CT molecular complexity index is 754. The van der Waals surface area contributed by atoms with Crippen LogP contribution in [0.25, 0.3) is 0 Å². The average molecular weight is 362 g/mol. The third-order valence-corrected chi connectivity index (χ3v) is 4.83. The molecule has 1 heterocycles. The minimum atomic E-state index is -0.0795. The predicted octanol–water partition coefficient (Wildman–Crippen LogP) is 3.10. The summed E-state index contributed by atoms with van der Waals surface area (Å²) >= 11 is 1.16. The number of nitrogens with zero attached hydrogens (tertiary/aromatic N) is 1. The van der Waals surface area contributed by atoms with Crippen LogP contribution < -0.4 is 14.9 Å². The van der Waals surface area contributed by atoms with Crippen molar-refractivity contribution in [3.8, 4) is 5.75 Å². The summed E-state index contributed by atoms with van der Waals surface area (Å²) in [5, 5.41) is 4.62. The normalized spacial score (nSPS) is 11.4. The fraction of sp³-hybridized carbons (Fsp3) is 0.474. The second kappa shape index (κ2) is 8.34. The number of aryl methyl sites for hydroxylation is 1. The quantitative estimate of drug-likeness (QED) is 0.770. The van der Waals surface area contributed by atoms with E-state index in [4.69, 9.17) is 4.74 Å². The third kappa shape index (κ3) is 5.74. The van der Waals surface area contributed by atoms with E-state index in [2.05, 4.69) is 38.2 Å². The van der Waals surface area contributed by atoms with E-state index in [1.165, 1.54) is 5.56 Å². The Hall–Kier alpha value is -2.08. The van der Waals surface area contributed by atoms with Gasteiger partial charge in [-0.05, 0) is 30.0 Å². The zero-order chi connectivity index (χ0) is 18.4. The summed E-state index contributed by atoms with van der Waals surface area (Å²) in [5.41, 5.74) is 2.27. The highest BCUT2D eigenvalue weighted by molar-refractivity contribution is 7.07. The third-order valence-electron chi connectivity index (χ3n) is 3.95. The average Bonchev–Trinajstić information content (AvgIpc) is 2.88. The molecule has 0 aliphatic rings. The molecule has 0 aliphatic heterocycles. The minimum Gasteiger partial charge on any atom is -0.492 e. The van der Waals surface area contributed by atoms with E-state index in [9.17, 15) is 9.59 Å². The van der Waals surface area contributed by atoms with Crippen LogP contribution in [-0.2, 0) is 16.8 Å². The van der Waals surface area contributed by atoms with Gasteiger partial charge in [-0.2, -0.15) is 0 Å². The molecule has 1 aromatic carbocycles. The molecule has 2 rings (SSSR count). The zero-order valence-electron chi connectivity index (χ0n) is 15.3. The summed E-state index contributed by atoms with van der Waals surface area (Å²) in [5.74, 6) is 0.715. The molecule has 0 aliphatic carbocycles. The molecule has 2 aromatic rings. The van der Waals surface area contributed by atoms with E-state index in [1.807, 2.05) is 19.1 Å². The molecule has 25 heavy (non-hydrogen) atoms. The Morgan fingerprint density at radius 3 is 2.48 bits per heavy atom. The molecule has 1 aromatic heterocycles. The summed E-state index contributed by atoms with van der Waals surface area (Å²) in [6, 6.07) is 8.03. The van der Waals surface area contributed by atoms with Crippen LogP contribution in [0, 0.1) is 6.92 Å². The Labute approximate surface area is 152 Å². The van der Waals surface area contributed by atoms with Crippen LogP contribution in [0.1, 0.15) is 38.4 Å². The van der Waals surface area contributed by atoms with Crippen LogP contribution >= 0.6 is 11.3 Å². The predicted molar refractivity (Wildman–Crippen MR) is 102 cm³/mol. The summed E-state index contributed by atoms with van der Waals surface area (Å²) in [4.78, 5) is 23.4. The number of hydrogen-bond donors (Lipinski definition) is 1. The minimum absolute atomic E-state index is 0.0210. The standard InChI is InChI=1S/C19H26N2O3S/c1-14-13-25-18(23)21(14)11-9-17(22)20-10-12-24-16-7-5-15(6-8-16)19(2,3)4/h5-8,13H,9-12H2,1-4H3,(H,20,22). The monoisotopic (exact) mass is 362 g/mol. The van der Waals surface area contributed by atoms with E-state index >= 15 is 0 Å². The number of carbonyl (C=O) groups is 1. The van der Waals surface area contributed by atoms with Crippen molar-refractivity contribution in [1.29, 1.82) is 0 Å². The summed E-state index contributed by atoms with van der Waals surface area (Å²) < 4.78 is 7.27. The lowest BCUT2D eigenvalue weighted by Crippen LogP contribution is -2.29. The molecule has 1 N–H and O–H groups in total. The highest BCUT2D eigenvalue weighted by Gasteiger charge is 2.13. The fourth-order valence-corrected chi connectivity index (χ4v) is 3.15. The van der Waals surface area contributed by atoms with Gasteiger partial charge in [0.25, 0.3) is 0 Å². The molecule has 6 heteroatoms. The van der Waals surface area contributed by atoms with E-state index in [0.717, 1.165) is 22.8 Å². The molecule has 0 radical (unpaired) electrons. The fourth-order valence-electron chi connectivity index (χ4n) is 2.39. The van der Waals surface area contributed by atoms with E-state index in [0.29, 0.717) is 19.7 Å². The van der Waals surface area contributed by atoms with Crippen molar-refractivity contribution in [2.45, 2.75) is 46.1 Å². The SMILES string of the molecule is Cc1csc(=O)n1CCC(=O)NCCOc1ccc(C(C)(C)C)cc1. The molecule has 0 spiro atoms. The van der Waals surface area contributed by atoms with Crippen LogP contribution in [0.15, 0.2) is 34.4 Å². The topological polar surface area (TPSA) is 60.3 Å². The molecule has 0 saturated carbocycles. The number of aromatic nitrogens is 1. The van der Waals surface area contributed by atoms with Gasteiger partial charge < -0.3 is 14.6 Å². The lowest BCUT2D eigenvalue weighted by atomic mass is 9.87. The van der Waals surface area contributed by atoms with Crippen LogP contribution in [0.5, 0.6) is 5.75 Å². The Morgan fingerprint density at radius 1 is 1.24 bits per heavy atom. The molecule has 0 atom stereocenters. The van der Waals surface area contributed by atoms with Crippen molar-refractivity contribution >= 4 is 17.2 Å². The lowest BCUT2D eigenvalue weighted by Gasteiger charge is -2.19. The first-order valence-electron chi connectivity index (χ1n) is 8.42. The maximum Gasteiger partial charge on any atom is 0.307 e. The lowest BCUT2D eigenvalue weighted by molar-refractivity contribution is -0.121. The molecule has 0 unspecified atom stereocenters. The van der Waals surface area contributed by atoms with Crippen molar-refractivity contribution in [3.05, 3.63) is 50.6 Å². The zero-order valence-corrected chi connectivity index (χ0v) is 16.1. The van der Waals surface area contributed by atoms with Crippen molar-refractivity contribution in [2.75, 3.05) is 13.2 Å². The molecule has 0 saturated heterocycles.